The summed E-state index contributed by atoms with van der Waals surface area (Å²) in [6.45, 7) is 2.69. The maximum Gasteiger partial charge on any atom is 0.226 e. The molecule has 2 heterocycles. The highest BCUT2D eigenvalue weighted by atomic mass is 16.5. The van der Waals surface area contributed by atoms with Gasteiger partial charge in [0, 0.05) is 35.5 Å². The molecular weight excluding hydrogens is 464 g/mol. The number of aliphatic hydroxyl groups is 1. The third kappa shape index (κ3) is 2.76. The van der Waals surface area contributed by atoms with Gasteiger partial charge in [0.15, 0.2) is 11.5 Å². The molecule has 2 aromatic rings. The van der Waals surface area contributed by atoms with Crippen LogP contribution >= 0.6 is 0 Å². The van der Waals surface area contributed by atoms with Crippen molar-refractivity contribution in [3.63, 3.8) is 0 Å². The standard InChI is InChI=1S/C31H36N2O4/c1-36-23-10-9-21-15-24-29-11-12-31(35,22(16-29)27(34)32-17-19-5-3-2-4-6-19)28-30(29,25(21)26(23)37-28)13-14-33(24)18-20-7-8-20/h2-6,9-10,20,22,24,28,35H,7-8,11-18H2,1H3,(H,32,34)/t22-,24-,28-,29+,30+,31-/m1/s1. The lowest BCUT2D eigenvalue weighted by molar-refractivity contribution is -0.264. The van der Waals surface area contributed by atoms with E-state index < -0.39 is 17.6 Å². The molecule has 194 valence electrons. The molecule has 0 unspecified atom stereocenters. The minimum Gasteiger partial charge on any atom is -0.493 e. The van der Waals surface area contributed by atoms with Gasteiger partial charge in [-0.15, -0.1) is 0 Å². The number of ether oxygens (including phenoxy) is 2. The molecule has 2 N–H and O–H groups in total. The number of hydrogen-bond acceptors (Lipinski definition) is 5. The first-order valence-electron chi connectivity index (χ1n) is 14.2. The molecular formula is C31H36N2O4. The van der Waals surface area contributed by atoms with Crippen molar-refractivity contribution in [1.82, 2.24) is 10.2 Å². The second-order valence-electron chi connectivity index (χ2n) is 12.6. The number of benzene rings is 2. The van der Waals surface area contributed by atoms with E-state index in [9.17, 15) is 9.90 Å². The second-order valence-corrected chi connectivity index (χ2v) is 12.6. The Hall–Kier alpha value is -2.57. The summed E-state index contributed by atoms with van der Waals surface area (Å²) in [5, 5.41) is 15.7. The Morgan fingerprint density at radius 2 is 2.00 bits per heavy atom. The smallest absolute Gasteiger partial charge is 0.226 e. The lowest BCUT2D eigenvalue weighted by Crippen LogP contribution is -2.81. The number of nitrogens with zero attached hydrogens (tertiary/aromatic N) is 1. The monoisotopic (exact) mass is 500 g/mol. The van der Waals surface area contributed by atoms with Crippen LogP contribution in [-0.2, 0) is 23.2 Å². The summed E-state index contributed by atoms with van der Waals surface area (Å²) >= 11 is 0. The molecule has 6 nitrogen and oxygen atoms in total. The summed E-state index contributed by atoms with van der Waals surface area (Å²) in [6.07, 6.45) is 6.54. The first-order chi connectivity index (χ1) is 18.0. The van der Waals surface area contributed by atoms with Crippen LogP contribution in [-0.4, -0.2) is 53.9 Å². The van der Waals surface area contributed by atoms with Crippen LogP contribution in [0.15, 0.2) is 42.5 Å². The molecule has 7 aliphatic rings. The number of rotatable bonds is 6. The number of carbonyl (C=O) groups is 1. The molecule has 2 aromatic carbocycles. The maximum absolute atomic E-state index is 13.8. The first-order valence-corrected chi connectivity index (χ1v) is 14.2. The van der Waals surface area contributed by atoms with Gasteiger partial charge in [0.25, 0.3) is 0 Å². The van der Waals surface area contributed by atoms with Crippen LogP contribution in [0.2, 0.25) is 0 Å². The van der Waals surface area contributed by atoms with Crippen molar-refractivity contribution in [2.24, 2.45) is 17.3 Å². The van der Waals surface area contributed by atoms with Gasteiger partial charge in [0.1, 0.15) is 11.7 Å². The Morgan fingerprint density at radius 3 is 2.78 bits per heavy atom. The highest BCUT2D eigenvalue weighted by molar-refractivity contribution is 5.81. The van der Waals surface area contributed by atoms with Gasteiger partial charge in [-0.1, -0.05) is 36.4 Å². The summed E-state index contributed by atoms with van der Waals surface area (Å²) in [6, 6.07) is 14.7. The third-order valence-corrected chi connectivity index (χ3v) is 11.1. The van der Waals surface area contributed by atoms with Crippen LogP contribution < -0.4 is 14.8 Å². The summed E-state index contributed by atoms with van der Waals surface area (Å²) in [7, 11) is 1.70. The molecule has 2 aliphatic heterocycles. The minimum atomic E-state index is -1.19. The Bertz CT molecular complexity index is 1280. The molecule has 0 aromatic heterocycles. The van der Waals surface area contributed by atoms with Crippen molar-refractivity contribution in [2.45, 2.75) is 74.7 Å². The van der Waals surface area contributed by atoms with Crippen LogP contribution in [0.5, 0.6) is 11.5 Å². The van der Waals surface area contributed by atoms with Gasteiger partial charge in [-0.05, 0) is 74.6 Å². The van der Waals surface area contributed by atoms with E-state index in [-0.39, 0.29) is 16.7 Å². The van der Waals surface area contributed by atoms with Crippen molar-refractivity contribution in [1.29, 1.82) is 0 Å². The predicted molar refractivity (Wildman–Crippen MR) is 139 cm³/mol. The van der Waals surface area contributed by atoms with Gasteiger partial charge in [0.2, 0.25) is 5.91 Å². The molecule has 1 amide bonds. The summed E-state index contributed by atoms with van der Waals surface area (Å²) in [5.74, 6) is 1.89. The van der Waals surface area contributed by atoms with Gasteiger partial charge >= 0.3 is 0 Å². The van der Waals surface area contributed by atoms with Crippen LogP contribution in [0.3, 0.4) is 0 Å². The fraction of sp³-hybridized carbons (Fsp3) is 0.581. The van der Waals surface area contributed by atoms with E-state index >= 15 is 0 Å². The van der Waals surface area contributed by atoms with E-state index in [0.29, 0.717) is 19.0 Å². The van der Waals surface area contributed by atoms with E-state index in [2.05, 4.69) is 16.3 Å². The van der Waals surface area contributed by atoms with Crippen LogP contribution in [0.4, 0.5) is 0 Å². The molecule has 1 saturated heterocycles. The normalized spacial score (nSPS) is 38.6. The summed E-state index contributed by atoms with van der Waals surface area (Å²) < 4.78 is 12.6. The van der Waals surface area contributed by atoms with Gasteiger partial charge < -0.3 is 19.9 Å². The van der Waals surface area contributed by atoms with Crippen molar-refractivity contribution in [3.8, 4) is 11.5 Å². The number of nitrogens with one attached hydrogen (secondary N) is 1. The number of hydrogen-bond donors (Lipinski definition) is 2. The Kier molecular flexibility index (Phi) is 4.55. The number of methoxy groups -OCH3 is 1. The fourth-order valence-electron chi connectivity index (χ4n) is 9.43. The van der Waals surface area contributed by atoms with Crippen molar-refractivity contribution in [2.75, 3.05) is 20.2 Å². The highest BCUT2D eigenvalue weighted by Crippen LogP contribution is 2.76. The molecule has 6 heteroatoms. The predicted octanol–water partition coefficient (Wildman–Crippen LogP) is 3.58. The highest BCUT2D eigenvalue weighted by Gasteiger charge is 2.81. The lowest BCUT2D eigenvalue weighted by atomic mass is 9.35. The SMILES string of the molecule is COc1ccc2c3c1O[C@H]1[C@@]4(O)CC[C@]5(C[C@@H]4C(=O)NCc4ccccc4)[C@@H](C2)N(CC2CC2)CC[C@]315. The van der Waals surface area contributed by atoms with E-state index in [1.165, 1.54) is 30.5 Å². The van der Waals surface area contributed by atoms with Gasteiger partial charge in [0.05, 0.1) is 13.0 Å². The zero-order valence-corrected chi connectivity index (χ0v) is 21.5. The fourth-order valence-corrected chi connectivity index (χ4v) is 9.43. The maximum atomic E-state index is 13.8. The zero-order valence-electron chi connectivity index (χ0n) is 21.5. The number of amides is 1. The molecule has 4 saturated carbocycles. The van der Waals surface area contributed by atoms with Gasteiger partial charge in [-0.2, -0.15) is 0 Å². The summed E-state index contributed by atoms with van der Waals surface area (Å²) in [5.41, 5.74) is 2.20. The molecule has 0 radical (unpaired) electrons. The average molecular weight is 501 g/mol. The molecule has 9 rings (SSSR count). The second kappa shape index (κ2) is 7.51. The van der Waals surface area contributed by atoms with E-state index in [1.807, 2.05) is 36.4 Å². The molecule has 2 spiro atoms. The van der Waals surface area contributed by atoms with E-state index in [4.69, 9.17) is 9.47 Å². The quantitative estimate of drug-likeness (QED) is 0.635. The largest absolute Gasteiger partial charge is 0.493 e. The Morgan fingerprint density at radius 1 is 1.16 bits per heavy atom. The lowest BCUT2D eigenvalue weighted by Gasteiger charge is -2.73. The third-order valence-electron chi connectivity index (χ3n) is 11.1. The topological polar surface area (TPSA) is 71.0 Å². The zero-order chi connectivity index (χ0) is 25.0. The van der Waals surface area contributed by atoms with Crippen molar-refractivity contribution >= 4 is 5.91 Å². The summed E-state index contributed by atoms with van der Waals surface area (Å²) in [4.78, 5) is 16.6. The Labute approximate surface area is 218 Å². The van der Waals surface area contributed by atoms with Crippen molar-refractivity contribution < 1.29 is 19.4 Å². The number of carbonyl (C=O) groups excluding carboxylic acids is 1. The molecule has 6 atom stereocenters. The number of likely N-dealkylation sites (tertiary alicyclic amines) is 1. The van der Waals surface area contributed by atoms with E-state index in [0.717, 1.165) is 55.2 Å². The Balaban J connectivity index is 1.23. The average Bonchev–Trinajstić information content (AvgIpc) is 3.66. The molecule has 37 heavy (non-hydrogen) atoms. The molecule has 4 bridgehead atoms. The van der Waals surface area contributed by atoms with Gasteiger partial charge in [-0.3, -0.25) is 9.69 Å². The minimum absolute atomic E-state index is 0.0376. The van der Waals surface area contributed by atoms with Crippen molar-refractivity contribution in [3.05, 3.63) is 59.2 Å². The van der Waals surface area contributed by atoms with E-state index in [1.54, 1.807) is 7.11 Å². The van der Waals surface area contributed by atoms with Crippen LogP contribution in [0.1, 0.15) is 55.2 Å². The molecule has 5 fully saturated rings. The van der Waals surface area contributed by atoms with Crippen LogP contribution in [0, 0.1) is 17.3 Å². The first kappa shape index (κ1) is 22.4. The number of piperidine rings is 1. The number of fused-ring (bicyclic) bond motifs is 2. The van der Waals surface area contributed by atoms with Crippen LogP contribution in [0.25, 0.3) is 0 Å². The van der Waals surface area contributed by atoms with Gasteiger partial charge in [-0.25, -0.2) is 0 Å². The molecule has 5 aliphatic carbocycles.